The van der Waals surface area contributed by atoms with E-state index in [0.717, 1.165) is 24.2 Å². The van der Waals surface area contributed by atoms with E-state index in [1.807, 2.05) is 0 Å². The normalized spacial score (nSPS) is 17.0. The molecule has 82 valence electrons. The van der Waals surface area contributed by atoms with Crippen LogP contribution in [0.2, 0.25) is 0 Å². The summed E-state index contributed by atoms with van der Waals surface area (Å²) in [5, 5.41) is 9.66. The molecular weight excluding hydrogens is 188 g/mol. The van der Waals surface area contributed by atoms with Gasteiger partial charge in [-0.05, 0) is 55.9 Å². The molecule has 0 fully saturated rings. The Kier molecular flexibility index (Phi) is 2.96. The Morgan fingerprint density at radius 3 is 2.33 bits per heavy atom. The molecule has 0 spiro atoms. The first-order valence-corrected chi connectivity index (χ1v) is 5.60. The van der Waals surface area contributed by atoms with E-state index in [-0.39, 0.29) is 0 Å². The van der Waals surface area contributed by atoms with Crippen LogP contribution in [0.5, 0.6) is 5.75 Å². The molecule has 1 unspecified atom stereocenters. The molecule has 2 nitrogen and oxygen atoms in total. The predicted octanol–water partition coefficient (Wildman–Crippen LogP) is 2.63. The van der Waals surface area contributed by atoms with E-state index in [4.69, 9.17) is 4.74 Å². The summed E-state index contributed by atoms with van der Waals surface area (Å²) < 4.78 is 5.31. The Labute approximate surface area is 90.9 Å². The minimum atomic E-state index is -0.452. The second-order valence-electron chi connectivity index (χ2n) is 4.25. The van der Waals surface area contributed by atoms with Crippen LogP contribution in [-0.4, -0.2) is 12.2 Å². The smallest absolute Gasteiger partial charge is 0.124 e. The standard InChI is InChI=1S/C13H18O2/c1-9(14)12-7-10-5-3-4-6-11(10)8-13(12)15-2/h7-9,14H,3-6H2,1-2H3. The Hall–Kier alpha value is -1.02. The van der Waals surface area contributed by atoms with Crippen molar-refractivity contribution in [1.82, 2.24) is 0 Å². The van der Waals surface area contributed by atoms with E-state index in [1.54, 1.807) is 14.0 Å². The summed E-state index contributed by atoms with van der Waals surface area (Å²) in [6.07, 6.45) is 4.36. The van der Waals surface area contributed by atoms with Gasteiger partial charge in [-0.15, -0.1) is 0 Å². The van der Waals surface area contributed by atoms with Gasteiger partial charge >= 0.3 is 0 Å². The summed E-state index contributed by atoms with van der Waals surface area (Å²) in [6.45, 7) is 1.78. The van der Waals surface area contributed by atoms with Crippen LogP contribution in [0.15, 0.2) is 12.1 Å². The molecule has 0 heterocycles. The Morgan fingerprint density at radius 1 is 1.20 bits per heavy atom. The zero-order valence-corrected chi connectivity index (χ0v) is 9.42. The fourth-order valence-electron chi connectivity index (χ4n) is 2.29. The van der Waals surface area contributed by atoms with E-state index >= 15 is 0 Å². The molecule has 1 aliphatic carbocycles. The molecule has 15 heavy (non-hydrogen) atoms. The second kappa shape index (κ2) is 4.23. The molecule has 1 aromatic carbocycles. The van der Waals surface area contributed by atoms with Gasteiger partial charge in [-0.1, -0.05) is 0 Å². The summed E-state index contributed by atoms with van der Waals surface area (Å²) >= 11 is 0. The van der Waals surface area contributed by atoms with Gasteiger partial charge in [-0.3, -0.25) is 0 Å². The summed E-state index contributed by atoms with van der Waals surface area (Å²) in [5.74, 6) is 0.825. The fourth-order valence-corrected chi connectivity index (χ4v) is 2.29. The topological polar surface area (TPSA) is 29.5 Å². The van der Waals surface area contributed by atoms with Crippen molar-refractivity contribution in [3.8, 4) is 5.75 Å². The molecular formula is C13H18O2. The third kappa shape index (κ3) is 2.00. The maximum absolute atomic E-state index is 9.66. The largest absolute Gasteiger partial charge is 0.496 e. The van der Waals surface area contributed by atoms with Gasteiger partial charge < -0.3 is 9.84 Å². The first kappa shape index (κ1) is 10.5. The van der Waals surface area contributed by atoms with Gasteiger partial charge in [-0.2, -0.15) is 0 Å². The first-order valence-electron chi connectivity index (χ1n) is 5.60. The third-order valence-corrected chi connectivity index (χ3v) is 3.14. The maximum Gasteiger partial charge on any atom is 0.124 e. The van der Waals surface area contributed by atoms with Gasteiger partial charge in [0.2, 0.25) is 0 Å². The lowest BCUT2D eigenvalue weighted by Crippen LogP contribution is -2.06. The monoisotopic (exact) mass is 206 g/mol. The van der Waals surface area contributed by atoms with Gasteiger partial charge in [0.05, 0.1) is 13.2 Å². The van der Waals surface area contributed by atoms with E-state index in [2.05, 4.69) is 12.1 Å². The van der Waals surface area contributed by atoms with Crippen molar-refractivity contribution in [2.45, 2.75) is 38.7 Å². The molecule has 0 amide bonds. The van der Waals surface area contributed by atoms with E-state index in [1.165, 1.54) is 24.0 Å². The highest BCUT2D eigenvalue weighted by Crippen LogP contribution is 2.32. The Bertz CT molecular complexity index is 356. The number of ether oxygens (including phenoxy) is 1. The van der Waals surface area contributed by atoms with Crippen molar-refractivity contribution in [2.24, 2.45) is 0 Å². The molecule has 1 atom stereocenters. The predicted molar refractivity (Wildman–Crippen MR) is 60.3 cm³/mol. The molecule has 2 rings (SSSR count). The number of aliphatic hydroxyl groups excluding tert-OH is 1. The summed E-state index contributed by atoms with van der Waals surface area (Å²) in [4.78, 5) is 0. The number of aryl methyl sites for hydroxylation is 2. The minimum absolute atomic E-state index is 0.452. The van der Waals surface area contributed by atoms with Crippen LogP contribution in [0, 0.1) is 0 Å². The first-order chi connectivity index (χ1) is 7.22. The minimum Gasteiger partial charge on any atom is -0.496 e. The highest BCUT2D eigenvalue weighted by atomic mass is 16.5. The van der Waals surface area contributed by atoms with Crippen molar-refractivity contribution in [2.75, 3.05) is 7.11 Å². The molecule has 2 heteroatoms. The molecule has 0 radical (unpaired) electrons. The molecule has 1 aromatic rings. The summed E-state index contributed by atoms with van der Waals surface area (Å²) in [7, 11) is 1.66. The number of fused-ring (bicyclic) bond motifs is 1. The highest BCUT2D eigenvalue weighted by molar-refractivity contribution is 5.44. The molecule has 0 saturated carbocycles. The number of aliphatic hydroxyl groups is 1. The van der Waals surface area contributed by atoms with Crippen molar-refractivity contribution in [3.63, 3.8) is 0 Å². The SMILES string of the molecule is COc1cc2c(cc1C(C)O)CCCC2. The lowest BCUT2D eigenvalue weighted by Gasteiger charge is -2.20. The van der Waals surface area contributed by atoms with Crippen LogP contribution in [-0.2, 0) is 12.8 Å². The maximum atomic E-state index is 9.66. The fraction of sp³-hybridized carbons (Fsp3) is 0.538. The zero-order chi connectivity index (χ0) is 10.8. The molecule has 1 N–H and O–H groups in total. The summed E-state index contributed by atoms with van der Waals surface area (Å²) in [6, 6.07) is 4.20. The Balaban J connectivity index is 2.46. The van der Waals surface area contributed by atoms with Crippen LogP contribution in [0.25, 0.3) is 0 Å². The quantitative estimate of drug-likeness (QED) is 0.806. The number of methoxy groups -OCH3 is 1. The van der Waals surface area contributed by atoms with Crippen LogP contribution < -0.4 is 4.74 Å². The lowest BCUT2D eigenvalue weighted by molar-refractivity contribution is 0.194. The van der Waals surface area contributed by atoms with Gasteiger partial charge in [-0.25, -0.2) is 0 Å². The van der Waals surface area contributed by atoms with Gasteiger partial charge in [0.25, 0.3) is 0 Å². The van der Waals surface area contributed by atoms with Gasteiger partial charge in [0.15, 0.2) is 0 Å². The van der Waals surface area contributed by atoms with Crippen molar-refractivity contribution < 1.29 is 9.84 Å². The average molecular weight is 206 g/mol. The number of rotatable bonds is 2. The summed E-state index contributed by atoms with van der Waals surface area (Å²) in [5.41, 5.74) is 3.69. The molecule has 0 saturated heterocycles. The van der Waals surface area contributed by atoms with E-state index < -0.39 is 6.10 Å². The van der Waals surface area contributed by atoms with Gasteiger partial charge in [0, 0.05) is 5.56 Å². The molecule has 1 aliphatic rings. The molecule has 0 bridgehead atoms. The van der Waals surface area contributed by atoms with Crippen LogP contribution in [0.1, 0.15) is 42.6 Å². The lowest BCUT2D eigenvalue weighted by atomic mass is 9.89. The Morgan fingerprint density at radius 2 is 1.80 bits per heavy atom. The number of hydrogen-bond donors (Lipinski definition) is 1. The van der Waals surface area contributed by atoms with Crippen molar-refractivity contribution >= 4 is 0 Å². The number of hydrogen-bond acceptors (Lipinski definition) is 2. The second-order valence-corrected chi connectivity index (χ2v) is 4.25. The third-order valence-electron chi connectivity index (χ3n) is 3.14. The van der Waals surface area contributed by atoms with Crippen molar-refractivity contribution in [1.29, 1.82) is 0 Å². The van der Waals surface area contributed by atoms with Crippen LogP contribution in [0.3, 0.4) is 0 Å². The molecule has 0 aliphatic heterocycles. The van der Waals surface area contributed by atoms with Crippen LogP contribution in [0.4, 0.5) is 0 Å². The average Bonchev–Trinajstić information content (AvgIpc) is 2.27. The zero-order valence-electron chi connectivity index (χ0n) is 9.42. The van der Waals surface area contributed by atoms with E-state index in [0.29, 0.717) is 0 Å². The van der Waals surface area contributed by atoms with Crippen LogP contribution >= 0.6 is 0 Å². The highest BCUT2D eigenvalue weighted by Gasteiger charge is 2.16. The number of benzene rings is 1. The molecule has 0 aromatic heterocycles. The van der Waals surface area contributed by atoms with Gasteiger partial charge in [0.1, 0.15) is 5.75 Å². The van der Waals surface area contributed by atoms with E-state index in [9.17, 15) is 5.11 Å². The van der Waals surface area contributed by atoms with Crippen molar-refractivity contribution in [3.05, 3.63) is 28.8 Å².